The predicted molar refractivity (Wildman–Crippen MR) is 62.0 cm³/mol. The Morgan fingerprint density at radius 1 is 1.31 bits per heavy atom. The molecule has 0 aromatic heterocycles. The highest BCUT2D eigenvalue weighted by Crippen LogP contribution is 2.28. The molecule has 0 saturated carbocycles. The molecule has 0 N–H and O–H groups in total. The van der Waals surface area contributed by atoms with Crippen molar-refractivity contribution in [2.24, 2.45) is 0 Å². The molecule has 1 rings (SSSR count). The molecule has 16 heavy (non-hydrogen) atoms. The second-order valence-electron chi connectivity index (χ2n) is 3.68. The molecule has 1 aliphatic rings. The third kappa shape index (κ3) is 3.04. The van der Waals surface area contributed by atoms with Gasteiger partial charge in [-0.05, 0) is 26.8 Å². The van der Waals surface area contributed by atoms with Crippen molar-refractivity contribution >= 4 is 14.7 Å². The van der Waals surface area contributed by atoms with E-state index >= 15 is 0 Å². The fraction of sp³-hybridized carbons (Fsp3) is 0.900. The minimum atomic E-state index is -2.31. The summed E-state index contributed by atoms with van der Waals surface area (Å²) in [5.41, 5.74) is 0. The lowest BCUT2D eigenvalue weighted by atomic mass is 10.5. The number of hydrogen-bond acceptors (Lipinski definition) is 5. The summed E-state index contributed by atoms with van der Waals surface area (Å²) >= 11 is 0. The first kappa shape index (κ1) is 13.6. The number of carbonyl (C=O) groups is 1. The van der Waals surface area contributed by atoms with E-state index in [4.69, 9.17) is 13.6 Å². The van der Waals surface area contributed by atoms with Crippen LogP contribution in [0.3, 0.4) is 0 Å². The van der Waals surface area contributed by atoms with Gasteiger partial charge in [0.1, 0.15) is 0 Å². The molecule has 1 heterocycles. The Hall–Kier alpha value is -0.433. The Kier molecular flexibility index (Phi) is 5.40. The molecule has 0 atom stereocenters. The molecular weight excluding hydrogens is 226 g/mol. The van der Waals surface area contributed by atoms with E-state index in [1.807, 2.05) is 18.4 Å². The molecule has 0 bridgehead atoms. The number of carbonyl (C=O) groups excluding carboxylic acids is 1. The van der Waals surface area contributed by atoms with Gasteiger partial charge in [0.2, 0.25) is 0 Å². The third-order valence-electron chi connectivity index (χ3n) is 2.69. The van der Waals surface area contributed by atoms with Crippen LogP contribution in [-0.2, 0) is 18.4 Å². The highest BCUT2D eigenvalue weighted by Gasteiger charge is 2.49. The van der Waals surface area contributed by atoms with Crippen LogP contribution in [0.2, 0.25) is 6.04 Å². The van der Waals surface area contributed by atoms with Crippen molar-refractivity contribution in [1.82, 2.24) is 4.57 Å². The fourth-order valence-corrected chi connectivity index (χ4v) is 5.49. The zero-order valence-corrected chi connectivity index (χ0v) is 11.3. The van der Waals surface area contributed by atoms with Gasteiger partial charge in [0.05, 0.1) is 13.7 Å². The summed E-state index contributed by atoms with van der Waals surface area (Å²) in [6.07, 6.45) is 1.03. The van der Waals surface area contributed by atoms with Crippen molar-refractivity contribution in [3.05, 3.63) is 0 Å². The van der Waals surface area contributed by atoms with E-state index in [0.29, 0.717) is 13.2 Å². The van der Waals surface area contributed by atoms with Gasteiger partial charge in [-0.15, -0.1) is 0 Å². The zero-order chi connectivity index (χ0) is 12.0. The SMILES string of the molecule is CCO[Si]1(OCC)CCCN1CC(=O)OC. The minimum absolute atomic E-state index is 0.224. The summed E-state index contributed by atoms with van der Waals surface area (Å²) in [6, 6.07) is 0.936. The van der Waals surface area contributed by atoms with E-state index < -0.39 is 8.72 Å². The standard InChI is InChI=1S/C10H21NO4Si/c1-4-14-16(15-5-2)8-6-7-11(16)9-10(12)13-3/h4-9H2,1-3H3. The fourth-order valence-electron chi connectivity index (χ4n) is 2.06. The summed E-state index contributed by atoms with van der Waals surface area (Å²) < 4.78 is 18.4. The van der Waals surface area contributed by atoms with E-state index in [0.717, 1.165) is 19.0 Å². The van der Waals surface area contributed by atoms with Gasteiger partial charge in [0.15, 0.2) is 0 Å². The Bertz CT molecular complexity index is 231. The molecule has 0 amide bonds. The molecule has 0 radical (unpaired) electrons. The molecule has 0 unspecified atom stereocenters. The van der Waals surface area contributed by atoms with Crippen LogP contribution < -0.4 is 0 Å². The van der Waals surface area contributed by atoms with Crippen LogP contribution in [0.5, 0.6) is 0 Å². The summed E-state index contributed by atoms with van der Waals surface area (Å²) in [4.78, 5) is 11.3. The molecule has 0 spiro atoms. The van der Waals surface area contributed by atoms with E-state index in [1.165, 1.54) is 7.11 Å². The van der Waals surface area contributed by atoms with Crippen LogP contribution in [0.15, 0.2) is 0 Å². The lowest BCUT2D eigenvalue weighted by Crippen LogP contribution is -2.56. The van der Waals surface area contributed by atoms with Crippen molar-refractivity contribution in [1.29, 1.82) is 0 Å². The van der Waals surface area contributed by atoms with Gasteiger partial charge in [0, 0.05) is 19.3 Å². The molecule has 0 aromatic carbocycles. The van der Waals surface area contributed by atoms with Gasteiger partial charge in [-0.1, -0.05) is 0 Å². The monoisotopic (exact) mass is 247 g/mol. The first-order valence-corrected chi connectivity index (χ1v) is 7.75. The average molecular weight is 247 g/mol. The van der Waals surface area contributed by atoms with E-state index in [-0.39, 0.29) is 12.5 Å². The number of nitrogens with zero attached hydrogens (tertiary/aromatic N) is 1. The number of esters is 1. The normalized spacial score (nSPS) is 19.9. The quantitative estimate of drug-likeness (QED) is 0.515. The van der Waals surface area contributed by atoms with Crippen LogP contribution in [0.1, 0.15) is 20.3 Å². The molecule has 6 heteroatoms. The molecule has 5 nitrogen and oxygen atoms in total. The maximum atomic E-state index is 11.3. The lowest BCUT2D eigenvalue weighted by Gasteiger charge is -2.33. The van der Waals surface area contributed by atoms with Crippen LogP contribution in [0.25, 0.3) is 0 Å². The van der Waals surface area contributed by atoms with Crippen LogP contribution in [-0.4, -0.2) is 52.7 Å². The van der Waals surface area contributed by atoms with Gasteiger partial charge in [0.25, 0.3) is 0 Å². The zero-order valence-electron chi connectivity index (χ0n) is 10.3. The van der Waals surface area contributed by atoms with Gasteiger partial charge < -0.3 is 13.6 Å². The molecule has 0 aliphatic carbocycles. The smallest absolute Gasteiger partial charge is 0.428 e. The maximum Gasteiger partial charge on any atom is 0.428 e. The Morgan fingerprint density at radius 2 is 1.94 bits per heavy atom. The Morgan fingerprint density at radius 3 is 2.44 bits per heavy atom. The second-order valence-corrected chi connectivity index (χ2v) is 6.82. The molecule has 1 aliphatic heterocycles. The maximum absolute atomic E-state index is 11.3. The minimum Gasteiger partial charge on any atom is -0.468 e. The van der Waals surface area contributed by atoms with Crippen molar-refractivity contribution < 1.29 is 18.4 Å². The second kappa shape index (κ2) is 6.34. The summed E-state index contributed by atoms with van der Waals surface area (Å²) in [6.45, 7) is 6.32. The Labute approximate surface area is 98.0 Å². The van der Waals surface area contributed by atoms with E-state index in [9.17, 15) is 4.79 Å². The van der Waals surface area contributed by atoms with Gasteiger partial charge in [-0.3, -0.25) is 9.36 Å². The topological polar surface area (TPSA) is 48.0 Å². The van der Waals surface area contributed by atoms with Gasteiger partial charge in [-0.25, -0.2) is 0 Å². The van der Waals surface area contributed by atoms with Gasteiger partial charge in [-0.2, -0.15) is 0 Å². The highest BCUT2D eigenvalue weighted by atomic mass is 28.4. The number of rotatable bonds is 6. The lowest BCUT2D eigenvalue weighted by molar-refractivity contribution is -0.141. The van der Waals surface area contributed by atoms with E-state index in [2.05, 4.69) is 0 Å². The Balaban J connectivity index is 2.68. The van der Waals surface area contributed by atoms with Crippen LogP contribution in [0, 0.1) is 0 Å². The summed E-state index contributed by atoms with van der Waals surface area (Å²) in [7, 11) is -0.903. The summed E-state index contributed by atoms with van der Waals surface area (Å²) in [5, 5.41) is 0. The molecular formula is C10H21NO4Si. The molecule has 1 saturated heterocycles. The third-order valence-corrected chi connectivity index (χ3v) is 6.50. The van der Waals surface area contributed by atoms with Crippen molar-refractivity contribution in [3.63, 3.8) is 0 Å². The number of hydrogen-bond donors (Lipinski definition) is 0. The number of ether oxygens (including phenoxy) is 1. The van der Waals surface area contributed by atoms with Crippen LogP contribution in [0.4, 0.5) is 0 Å². The summed E-state index contributed by atoms with van der Waals surface area (Å²) in [5.74, 6) is -0.224. The average Bonchev–Trinajstić information content (AvgIpc) is 2.63. The van der Waals surface area contributed by atoms with Crippen molar-refractivity contribution in [3.8, 4) is 0 Å². The molecule has 1 fully saturated rings. The predicted octanol–water partition coefficient (Wildman–Crippen LogP) is 0.877. The van der Waals surface area contributed by atoms with Crippen molar-refractivity contribution in [2.45, 2.75) is 26.3 Å². The highest BCUT2D eigenvalue weighted by molar-refractivity contribution is 6.65. The first-order valence-electron chi connectivity index (χ1n) is 5.78. The number of methoxy groups -OCH3 is 1. The largest absolute Gasteiger partial charge is 0.468 e. The van der Waals surface area contributed by atoms with Crippen LogP contribution >= 0.6 is 0 Å². The van der Waals surface area contributed by atoms with E-state index in [1.54, 1.807) is 0 Å². The molecule has 0 aromatic rings. The van der Waals surface area contributed by atoms with Crippen molar-refractivity contribution in [2.75, 3.05) is 33.4 Å². The first-order chi connectivity index (χ1) is 7.68. The van der Waals surface area contributed by atoms with Gasteiger partial charge >= 0.3 is 14.7 Å². The molecule has 94 valence electrons.